The van der Waals surface area contributed by atoms with Gasteiger partial charge in [-0.05, 0) is 46.0 Å². The summed E-state index contributed by atoms with van der Waals surface area (Å²) >= 11 is 0. The van der Waals surface area contributed by atoms with Crippen LogP contribution in [-0.4, -0.2) is 48.4 Å². The minimum Gasteiger partial charge on any atom is -0.321 e. The summed E-state index contributed by atoms with van der Waals surface area (Å²) < 4.78 is 14.1. The molecule has 5 heteroatoms. The van der Waals surface area contributed by atoms with Gasteiger partial charge in [0.2, 0.25) is 5.91 Å². The Kier molecular flexibility index (Phi) is 3.71. The van der Waals surface area contributed by atoms with Crippen molar-refractivity contribution in [1.82, 2.24) is 15.1 Å². The fourth-order valence-corrected chi connectivity index (χ4v) is 3.01. The molecule has 1 spiro atoms. The highest BCUT2D eigenvalue weighted by molar-refractivity contribution is 5.92. The topological polar surface area (TPSA) is 35.6 Å². The molecule has 0 radical (unpaired) electrons. The van der Waals surface area contributed by atoms with Crippen molar-refractivity contribution >= 4 is 5.91 Å². The summed E-state index contributed by atoms with van der Waals surface area (Å²) in [6, 6.07) is 6.72. The van der Waals surface area contributed by atoms with Crippen molar-refractivity contribution in [3.8, 4) is 0 Å². The van der Waals surface area contributed by atoms with E-state index in [9.17, 15) is 9.18 Å². The van der Waals surface area contributed by atoms with E-state index >= 15 is 0 Å². The lowest BCUT2D eigenvalue weighted by atomic mass is 10.1. The molecule has 2 aliphatic rings. The zero-order valence-corrected chi connectivity index (χ0v) is 12.6. The van der Waals surface area contributed by atoms with Gasteiger partial charge in [-0.2, -0.15) is 0 Å². The first-order valence-corrected chi connectivity index (χ1v) is 7.51. The summed E-state index contributed by atoms with van der Waals surface area (Å²) in [5.41, 5.74) is 0.157. The van der Waals surface area contributed by atoms with Gasteiger partial charge < -0.3 is 9.80 Å². The zero-order chi connectivity index (χ0) is 15.0. The molecule has 1 N–H and O–H groups in total. The summed E-state index contributed by atoms with van der Waals surface area (Å²) in [5.74, 6) is -0.118. The van der Waals surface area contributed by atoms with Crippen LogP contribution in [0, 0.1) is 5.82 Å². The fraction of sp³-hybridized carbons (Fsp3) is 0.562. The summed E-state index contributed by atoms with van der Waals surface area (Å²) in [4.78, 5) is 16.5. The second-order valence-electron chi connectivity index (χ2n) is 6.31. The maximum atomic E-state index is 14.1. The largest absolute Gasteiger partial charge is 0.321 e. The van der Waals surface area contributed by atoms with Crippen molar-refractivity contribution in [2.24, 2.45) is 0 Å². The molecule has 1 amide bonds. The predicted molar refractivity (Wildman–Crippen MR) is 79.1 cm³/mol. The number of nitrogens with zero attached hydrogens (tertiary/aromatic N) is 2. The number of halogens is 1. The minimum absolute atomic E-state index is 0.134. The first-order valence-electron chi connectivity index (χ1n) is 7.51. The van der Waals surface area contributed by atoms with Gasteiger partial charge in [-0.1, -0.05) is 18.2 Å². The summed E-state index contributed by atoms with van der Waals surface area (Å²) in [6.45, 7) is 1.57. The predicted octanol–water partition coefficient (Wildman–Crippen LogP) is 1.74. The Balaban J connectivity index is 1.80. The molecule has 1 saturated carbocycles. The van der Waals surface area contributed by atoms with Crippen LogP contribution in [0.5, 0.6) is 0 Å². The average molecular weight is 291 g/mol. The summed E-state index contributed by atoms with van der Waals surface area (Å²) in [6.07, 6.45) is 2.28. The SMILES string of the molecule is CN(C)CCCN1C(=O)C2(CC2)NC1c1ccccc1F. The Hall–Kier alpha value is -1.46. The number of nitrogens with one attached hydrogen (secondary N) is 1. The molecule has 1 aromatic rings. The lowest BCUT2D eigenvalue weighted by molar-refractivity contribution is -0.131. The molecule has 1 saturated heterocycles. The van der Waals surface area contributed by atoms with Crippen molar-refractivity contribution in [2.75, 3.05) is 27.2 Å². The van der Waals surface area contributed by atoms with E-state index in [0.717, 1.165) is 25.8 Å². The molecule has 1 heterocycles. The van der Waals surface area contributed by atoms with Gasteiger partial charge in [-0.25, -0.2) is 4.39 Å². The molecule has 0 aromatic heterocycles. The van der Waals surface area contributed by atoms with Crippen molar-refractivity contribution in [1.29, 1.82) is 0 Å². The summed E-state index contributed by atoms with van der Waals surface area (Å²) in [7, 11) is 4.03. The Morgan fingerprint density at radius 1 is 1.38 bits per heavy atom. The van der Waals surface area contributed by atoms with E-state index in [1.807, 2.05) is 25.1 Å². The third kappa shape index (κ3) is 2.68. The van der Waals surface area contributed by atoms with Gasteiger partial charge in [0.15, 0.2) is 0 Å². The standard InChI is InChI=1S/C16H22FN3O/c1-19(2)10-5-11-20-14(12-6-3-4-7-13(12)17)18-16(8-9-16)15(20)21/h3-4,6-7,14,18H,5,8-11H2,1-2H3. The van der Waals surface area contributed by atoms with E-state index < -0.39 is 5.54 Å². The van der Waals surface area contributed by atoms with Crippen LogP contribution in [0.2, 0.25) is 0 Å². The van der Waals surface area contributed by atoms with E-state index in [4.69, 9.17) is 0 Å². The Morgan fingerprint density at radius 2 is 2.10 bits per heavy atom. The Bertz CT molecular complexity index is 542. The molecule has 4 nitrogen and oxygen atoms in total. The highest BCUT2D eigenvalue weighted by atomic mass is 19.1. The van der Waals surface area contributed by atoms with Crippen LogP contribution >= 0.6 is 0 Å². The number of benzene rings is 1. The average Bonchev–Trinajstić information content (AvgIpc) is 3.17. The smallest absolute Gasteiger partial charge is 0.244 e. The highest BCUT2D eigenvalue weighted by Crippen LogP contribution is 2.46. The Morgan fingerprint density at radius 3 is 2.71 bits per heavy atom. The van der Waals surface area contributed by atoms with Crippen molar-refractivity contribution < 1.29 is 9.18 Å². The van der Waals surface area contributed by atoms with Gasteiger partial charge in [0.1, 0.15) is 17.5 Å². The van der Waals surface area contributed by atoms with E-state index in [-0.39, 0.29) is 17.9 Å². The van der Waals surface area contributed by atoms with Crippen LogP contribution in [0.3, 0.4) is 0 Å². The fourth-order valence-electron chi connectivity index (χ4n) is 3.01. The van der Waals surface area contributed by atoms with Crippen LogP contribution in [0.15, 0.2) is 24.3 Å². The molecule has 1 atom stereocenters. The van der Waals surface area contributed by atoms with Crippen molar-refractivity contribution in [3.05, 3.63) is 35.6 Å². The molecule has 1 aromatic carbocycles. The number of hydrogen-bond donors (Lipinski definition) is 1. The van der Waals surface area contributed by atoms with E-state index in [1.165, 1.54) is 6.07 Å². The zero-order valence-electron chi connectivity index (χ0n) is 12.6. The molecule has 21 heavy (non-hydrogen) atoms. The first-order chi connectivity index (χ1) is 10.0. The van der Waals surface area contributed by atoms with Gasteiger partial charge in [-0.3, -0.25) is 10.1 Å². The normalized spacial score (nSPS) is 23.3. The molecule has 114 valence electrons. The summed E-state index contributed by atoms with van der Waals surface area (Å²) in [5, 5.41) is 3.36. The third-order valence-electron chi connectivity index (χ3n) is 4.35. The van der Waals surface area contributed by atoms with Gasteiger partial charge in [0.25, 0.3) is 0 Å². The first kappa shape index (κ1) is 14.5. The quantitative estimate of drug-likeness (QED) is 0.897. The van der Waals surface area contributed by atoms with Crippen LogP contribution in [0.4, 0.5) is 4.39 Å². The van der Waals surface area contributed by atoms with Gasteiger partial charge in [0.05, 0.1) is 0 Å². The number of hydrogen-bond acceptors (Lipinski definition) is 3. The number of carbonyl (C=O) groups is 1. The van der Waals surface area contributed by atoms with E-state index in [0.29, 0.717) is 12.1 Å². The highest BCUT2D eigenvalue weighted by Gasteiger charge is 2.59. The molecule has 1 aliphatic heterocycles. The van der Waals surface area contributed by atoms with Gasteiger partial charge in [-0.15, -0.1) is 0 Å². The number of carbonyl (C=O) groups excluding carboxylic acids is 1. The molecular formula is C16H22FN3O. The number of amides is 1. The second-order valence-corrected chi connectivity index (χ2v) is 6.31. The van der Waals surface area contributed by atoms with Crippen LogP contribution in [-0.2, 0) is 4.79 Å². The lowest BCUT2D eigenvalue weighted by Gasteiger charge is -2.25. The monoisotopic (exact) mass is 291 g/mol. The van der Waals surface area contributed by atoms with Crippen molar-refractivity contribution in [3.63, 3.8) is 0 Å². The molecule has 1 aliphatic carbocycles. The van der Waals surface area contributed by atoms with Gasteiger partial charge >= 0.3 is 0 Å². The number of rotatable bonds is 5. The van der Waals surface area contributed by atoms with Crippen LogP contribution < -0.4 is 5.32 Å². The third-order valence-corrected chi connectivity index (χ3v) is 4.35. The Labute approximate surface area is 124 Å². The maximum Gasteiger partial charge on any atom is 0.244 e. The lowest BCUT2D eigenvalue weighted by Crippen LogP contribution is -2.34. The molecule has 1 unspecified atom stereocenters. The molecule has 3 rings (SSSR count). The van der Waals surface area contributed by atoms with E-state index in [1.54, 1.807) is 12.1 Å². The maximum absolute atomic E-state index is 14.1. The minimum atomic E-state index is -0.412. The van der Waals surface area contributed by atoms with E-state index in [2.05, 4.69) is 10.2 Å². The molecular weight excluding hydrogens is 269 g/mol. The van der Waals surface area contributed by atoms with Crippen LogP contribution in [0.25, 0.3) is 0 Å². The molecule has 2 fully saturated rings. The van der Waals surface area contributed by atoms with Gasteiger partial charge in [0, 0.05) is 12.1 Å². The second kappa shape index (κ2) is 5.39. The molecule has 0 bridgehead atoms. The van der Waals surface area contributed by atoms with Crippen LogP contribution in [0.1, 0.15) is 31.0 Å². The van der Waals surface area contributed by atoms with Crippen molar-refractivity contribution in [2.45, 2.75) is 31.0 Å².